The smallest absolute Gasteiger partial charge is 0.147 e. The minimum Gasteiger partial charge on any atom is -0.355 e. The van der Waals surface area contributed by atoms with Crippen LogP contribution in [0.3, 0.4) is 0 Å². The number of nitrogens with zero attached hydrogens (tertiary/aromatic N) is 3. The summed E-state index contributed by atoms with van der Waals surface area (Å²) in [5.74, 6) is 1.59. The number of aromatic nitrogens is 2. The van der Waals surface area contributed by atoms with E-state index in [1.165, 1.54) is 12.8 Å². The van der Waals surface area contributed by atoms with Gasteiger partial charge < -0.3 is 10.6 Å². The maximum absolute atomic E-state index is 5.68. The lowest BCUT2D eigenvalue weighted by Crippen LogP contribution is -2.38. The Kier molecular flexibility index (Phi) is 2.93. The highest BCUT2D eigenvalue weighted by atomic mass is 15.2. The van der Waals surface area contributed by atoms with Crippen LogP contribution >= 0.6 is 0 Å². The Morgan fingerprint density at radius 2 is 2.43 bits per heavy atom. The summed E-state index contributed by atoms with van der Waals surface area (Å²) in [5.41, 5.74) is 5.68. The third kappa shape index (κ3) is 2.01. The largest absolute Gasteiger partial charge is 0.355 e. The summed E-state index contributed by atoms with van der Waals surface area (Å²) in [6, 6.07) is 0. The van der Waals surface area contributed by atoms with Gasteiger partial charge in [0.2, 0.25) is 0 Å². The van der Waals surface area contributed by atoms with Crippen molar-refractivity contribution < 1.29 is 0 Å². The van der Waals surface area contributed by atoms with Gasteiger partial charge in [-0.15, -0.1) is 0 Å². The van der Waals surface area contributed by atoms with E-state index in [9.17, 15) is 0 Å². The number of hydrogen-bond acceptors (Lipinski definition) is 4. The predicted molar refractivity (Wildman–Crippen MR) is 56.0 cm³/mol. The van der Waals surface area contributed by atoms with E-state index in [1.54, 1.807) is 12.4 Å². The van der Waals surface area contributed by atoms with E-state index in [-0.39, 0.29) is 0 Å². The van der Waals surface area contributed by atoms with Gasteiger partial charge in [0.05, 0.1) is 6.20 Å². The molecule has 4 heteroatoms. The number of rotatable bonds is 2. The van der Waals surface area contributed by atoms with Gasteiger partial charge in [0, 0.05) is 25.5 Å². The maximum Gasteiger partial charge on any atom is 0.147 e. The van der Waals surface area contributed by atoms with Gasteiger partial charge in [0.1, 0.15) is 5.82 Å². The summed E-state index contributed by atoms with van der Waals surface area (Å²) in [6.07, 6.45) is 7.71. The van der Waals surface area contributed by atoms with Crippen molar-refractivity contribution in [3.05, 3.63) is 18.6 Å². The van der Waals surface area contributed by atoms with Crippen LogP contribution in [0.2, 0.25) is 0 Å². The molecule has 1 fully saturated rings. The van der Waals surface area contributed by atoms with Crippen molar-refractivity contribution in [2.24, 2.45) is 11.7 Å². The van der Waals surface area contributed by atoms with Crippen LogP contribution in [0.4, 0.5) is 5.82 Å². The van der Waals surface area contributed by atoms with Crippen LogP contribution in [0.25, 0.3) is 0 Å². The lowest BCUT2D eigenvalue weighted by Gasteiger charge is -2.32. The van der Waals surface area contributed by atoms with Crippen LogP contribution in [0, 0.1) is 5.92 Å². The van der Waals surface area contributed by atoms with E-state index in [2.05, 4.69) is 14.9 Å². The Morgan fingerprint density at radius 3 is 3.14 bits per heavy atom. The van der Waals surface area contributed by atoms with Gasteiger partial charge in [-0.1, -0.05) is 0 Å². The molecular weight excluding hydrogens is 176 g/mol. The first kappa shape index (κ1) is 9.40. The molecule has 1 aliphatic rings. The van der Waals surface area contributed by atoms with Crippen molar-refractivity contribution in [3.8, 4) is 0 Å². The average Bonchev–Trinajstić information content (AvgIpc) is 2.30. The number of nitrogens with two attached hydrogens (primary N) is 1. The summed E-state index contributed by atoms with van der Waals surface area (Å²) in [6.45, 7) is 2.88. The van der Waals surface area contributed by atoms with E-state index in [4.69, 9.17) is 5.73 Å². The van der Waals surface area contributed by atoms with E-state index < -0.39 is 0 Å². The fourth-order valence-electron chi connectivity index (χ4n) is 1.92. The van der Waals surface area contributed by atoms with Gasteiger partial charge in [0.25, 0.3) is 0 Å². The van der Waals surface area contributed by atoms with Gasteiger partial charge in [0.15, 0.2) is 0 Å². The second kappa shape index (κ2) is 4.37. The fraction of sp³-hybridized carbons (Fsp3) is 0.600. The van der Waals surface area contributed by atoms with Gasteiger partial charge in [-0.3, -0.25) is 4.98 Å². The lowest BCUT2D eigenvalue weighted by atomic mass is 9.98. The van der Waals surface area contributed by atoms with Gasteiger partial charge >= 0.3 is 0 Å². The lowest BCUT2D eigenvalue weighted by molar-refractivity contribution is 0.421. The quantitative estimate of drug-likeness (QED) is 0.747. The zero-order chi connectivity index (χ0) is 9.80. The SMILES string of the molecule is NCC1CCCN(c2cnccn2)C1. The summed E-state index contributed by atoms with van der Waals surface area (Å²) in [5, 5.41) is 0. The first-order valence-electron chi connectivity index (χ1n) is 5.11. The molecule has 2 rings (SSSR count). The van der Waals surface area contributed by atoms with E-state index in [0.717, 1.165) is 25.5 Å². The minimum absolute atomic E-state index is 0.616. The van der Waals surface area contributed by atoms with Crippen LogP contribution < -0.4 is 10.6 Å². The molecule has 1 aliphatic heterocycles. The van der Waals surface area contributed by atoms with Gasteiger partial charge in [-0.25, -0.2) is 4.98 Å². The Morgan fingerprint density at radius 1 is 1.50 bits per heavy atom. The molecule has 14 heavy (non-hydrogen) atoms. The molecule has 2 N–H and O–H groups in total. The zero-order valence-corrected chi connectivity index (χ0v) is 8.26. The molecule has 0 spiro atoms. The Balaban J connectivity index is 2.04. The zero-order valence-electron chi connectivity index (χ0n) is 8.26. The molecule has 2 heterocycles. The highest BCUT2D eigenvalue weighted by Gasteiger charge is 2.19. The van der Waals surface area contributed by atoms with Crippen molar-refractivity contribution in [2.75, 3.05) is 24.5 Å². The van der Waals surface area contributed by atoms with Crippen molar-refractivity contribution in [1.82, 2.24) is 9.97 Å². The highest BCUT2D eigenvalue weighted by Crippen LogP contribution is 2.19. The molecule has 0 aliphatic carbocycles. The first-order chi connectivity index (χ1) is 6.90. The van der Waals surface area contributed by atoms with Crippen LogP contribution in [0.1, 0.15) is 12.8 Å². The molecule has 1 unspecified atom stereocenters. The topological polar surface area (TPSA) is 55.0 Å². The summed E-state index contributed by atoms with van der Waals surface area (Å²) in [4.78, 5) is 10.6. The van der Waals surface area contributed by atoms with E-state index in [0.29, 0.717) is 5.92 Å². The molecule has 0 amide bonds. The third-order valence-corrected chi connectivity index (χ3v) is 2.73. The van der Waals surface area contributed by atoms with E-state index >= 15 is 0 Å². The van der Waals surface area contributed by atoms with Crippen molar-refractivity contribution in [3.63, 3.8) is 0 Å². The molecule has 0 aromatic carbocycles. The Bertz CT molecular complexity index is 275. The van der Waals surface area contributed by atoms with Crippen LogP contribution in [-0.4, -0.2) is 29.6 Å². The molecule has 0 bridgehead atoms. The first-order valence-corrected chi connectivity index (χ1v) is 5.11. The van der Waals surface area contributed by atoms with Gasteiger partial charge in [-0.2, -0.15) is 0 Å². The highest BCUT2D eigenvalue weighted by molar-refractivity contribution is 5.35. The number of hydrogen-bond donors (Lipinski definition) is 1. The van der Waals surface area contributed by atoms with Crippen LogP contribution in [0.5, 0.6) is 0 Å². The minimum atomic E-state index is 0.616. The normalized spacial score (nSPS) is 22.4. The molecule has 1 aromatic rings. The molecule has 0 radical (unpaired) electrons. The fourth-order valence-corrected chi connectivity index (χ4v) is 1.92. The number of anilines is 1. The van der Waals surface area contributed by atoms with Crippen LogP contribution in [-0.2, 0) is 0 Å². The second-order valence-electron chi connectivity index (χ2n) is 3.75. The molecule has 1 aromatic heterocycles. The molecule has 0 saturated carbocycles. The maximum atomic E-state index is 5.68. The molecule has 1 atom stereocenters. The second-order valence-corrected chi connectivity index (χ2v) is 3.75. The standard InChI is InChI=1S/C10H16N4/c11-6-9-2-1-5-14(8-9)10-7-12-3-4-13-10/h3-4,7,9H,1-2,5-6,8,11H2. The summed E-state index contributed by atoms with van der Waals surface area (Å²) >= 11 is 0. The van der Waals surface area contributed by atoms with Crippen molar-refractivity contribution >= 4 is 5.82 Å². The average molecular weight is 192 g/mol. The summed E-state index contributed by atoms with van der Waals surface area (Å²) in [7, 11) is 0. The summed E-state index contributed by atoms with van der Waals surface area (Å²) < 4.78 is 0. The molecule has 1 saturated heterocycles. The monoisotopic (exact) mass is 192 g/mol. The molecular formula is C10H16N4. The van der Waals surface area contributed by atoms with Crippen LogP contribution in [0.15, 0.2) is 18.6 Å². The van der Waals surface area contributed by atoms with Crippen molar-refractivity contribution in [1.29, 1.82) is 0 Å². The Labute approximate surface area is 84.2 Å². The van der Waals surface area contributed by atoms with Gasteiger partial charge in [-0.05, 0) is 25.3 Å². The Hall–Kier alpha value is -1.16. The third-order valence-electron chi connectivity index (χ3n) is 2.73. The predicted octanol–water partition coefficient (Wildman–Crippen LogP) is 0.652. The number of piperidine rings is 1. The molecule has 4 nitrogen and oxygen atoms in total. The van der Waals surface area contributed by atoms with Crippen molar-refractivity contribution in [2.45, 2.75) is 12.8 Å². The van der Waals surface area contributed by atoms with E-state index in [1.807, 2.05) is 6.20 Å². The molecule has 76 valence electrons.